The molecule has 178 valence electrons. The third-order valence-electron chi connectivity index (χ3n) is 5.48. The van der Waals surface area contributed by atoms with Crippen molar-refractivity contribution in [2.75, 3.05) is 26.2 Å². The van der Waals surface area contributed by atoms with Gasteiger partial charge in [0, 0.05) is 26.2 Å². The minimum absolute atomic E-state index is 0.0856. The molecular formula is C22H32N2O7S. The Hall–Kier alpha value is -2.01. The summed E-state index contributed by atoms with van der Waals surface area (Å²) in [5, 5.41) is 0. The fraction of sp³-hybridized carbons (Fsp3) is 0.636. The molecule has 2 aliphatic rings. The number of hydrogen-bond donors (Lipinski definition) is 0. The summed E-state index contributed by atoms with van der Waals surface area (Å²) in [6, 6.07) is 5.57. The van der Waals surface area contributed by atoms with Gasteiger partial charge in [-0.05, 0) is 58.9 Å². The first-order valence-electron chi connectivity index (χ1n) is 10.9. The number of rotatable bonds is 5. The van der Waals surface area contributed by atoms with Crippen LogP contribution in [-0.2, 0) is 29.0 Å². The zero-order valence-corrected chi connectivity index (χ0v) is 20.0. The van der Waals surface area contributed by atoms with Crippen LogP contribution in [0.4, 0.5) is 0 Å². The third-order valence-corrected chi connectivity index (χ3v) is 7.32. The largest absolute Gasteiger partial charge is 0.449 e. The van der Waals surface area contributed by atoms with Gasteiger partial charge in [0.2, 0.25) is 10.0 Å². The van der Waals surface area contributed by atoms with E-state index in [4.69, 9.17) is 14.2 Å². The van der Waals surface area contributed by atoms with Crippen molar-refractivity contribution in [3.63, 3.8) is 0 Å². The summed E-state index contributed by atoms with van der Waals surface area (Å²) in [5.74, 6) is -0.965. The lowest BCUT2D eigenvalue weighted by Crippen LogP contribution is -2.51. The molecule has 0 N–H and O–H groups in total. The first-order chi connectivity index (χ1) is 15.0. The number of amides is 1. The average Bonchev–Trinajstić information content (AvgIpc) is 2.71. The number of carbonyl (C=O) groups excluding carboxylic acids is 2. The smallest absolute Gasteiger partial charge is 0.338 e. The van der Waals surface area contributed by atoms with Crippen molar-refractivity contribution in [2.45, 2.75) is 70.0 Å². The number of hydrogen-bond acceptors (Lipinski definition) is 7. The van der Waals surface area contributed by atoms with Crippen molar-refractivity contribution in [3.8, 4) is 0 Å². The Morgan fingerprint density at radius 1 is 0.906 bits per heavy atom. The van der Waals surface area contributed by atoms with E-state index in [1.165, 1.54) is 35.5 Å². The Labute approximate surface area is 189 Å². The lowest BCUT2D eigenvalue weighted by Gasteiger charge is -2.36. The Kier molecular flexibility index (Phi) is 7.59. The van der Waals surface area contributed by atoms with Crippen LogP contribution in [0.25, 0.3) is 0 Å². The highest BCUT2D eigenvalue weighted by molar-refractivity contribution is 7.89. The van der Waals surface area contributed by atoms with Gasteiger partial charge < -0.3 is 19.1 Å². The van der Waals surface area contributed by atoms with Crippen LogP contribution in [0.15, 0.2) is 29.2 Å². The van der Waals surface area contributed by atoms with Gasteiger partial charge in [0.25, 0.3) is 5.91 Å². The van der Waals surface area contributed by atoms with Gasteiger partial charge in [0.1, 0.15) is 0 Å². The summed E-state index contributed by atoms with van der Waals surface area (Å²) in [4.78, 5) is 26.9. The van der Waals surface area contributed by atoms with Gasteiger partial charge in [0.15, 0.2) is 6.10 Å². The molecule has 1 aromatic rings. The lowest BCUT2D eigenvalue weighted by atomic mass is 10.2. The molecule has 1 amide bonds. The van der Waals surface area contributed by atoms with Crippen LogP contribution < -0.4 is 0 Å². The zero-order chi connectivity index (χ0) is 23.6. The van der Waals surface area contributed by atoms with E-state index in [2.05, 4.69) is 0 Å². The number of benzene rings is 1. The third kappa shape index (κ3) is 5.67. The summed E-state index contributed by atoms with van der Waals surface area (Å²) >= 11 is 0. The summed E-state index contributed by atoms with van der Waals surface area (Å²) in [5.41, 5.74) is 0.177. The molecule has 0 spiro atoms. The summed E-state index contributed by atoms with van der Waals surface area (Å²) in [6.45, 7) is 10.4. The van der Waals surface area contributed by atoms with Crippen molar-refractivity contribution >= 4 is 21.9 Å². The van der Waals surface area contributed by atoms with Crippen molar-refractivity contribution in [1.29, 1.82) is 0 Å². The molecule has 0 radical (unpaired) electrons. The zero-order valence-electron chi connectivity index (χ0n) is 19.2. The van der Waals surface area contributed by atoms with Gasteiger partial charge in [-0.15, -0.1) is 0 Å². The van der Waals surface area contributed by atoms with E-state index in [1.54, 1.807) is 4.90 Å². The van der Waals surface area contributed by atoms with Gasteiger partial charge in [-0.2, -0.15) is 4.31 Å². The molecular weight excluding hydrogens is 436 g/mol. The van der Waals surface area contributed by atoms with E-state index in [9.17, 15) is 18.0 Å². The second-order valence-corrected chi connectivity index (χ2v) is 10.6. The fourth-order valence-electron chi connectivity index (χ4n) is 4.13. The first kappa shape index (κ1) is 24.6. The van der Waals surface area contributed by atoms with Crippen LogP contribution in [0.5, 0.6) is 0 Å². The number of morpholine rings is 2. The maximum Gasteiger partial charge on any atom is 0.338 e. The Balaban J connectivity index is 1.64. The molecule has 2 aliphatic heterocycles. The molecule has 2 fully saturated rings. The standard InChI is InChI=1S/C22H32N2O7S/c1-14-10-23(11-15(2)29-14)21(25)18(5)31-22(26)19-6-8-20(9-7-19)32(27,28)24-12-16(3)30-17(4)13-24/h6-9,14-18H,10-13H2,1-5H3. The minimum Gasteiger partial charge on any atom is -0.449 e. The Bertz CT molecular complexity index is 914. The van der Waals surface area contributed by atoms with Gasteiger partial charge >= 0.3 is 5.97 Å². The summed E-state index contributed by atoms with van der Waals surface area (Å²) in [6.07, 6.45) is -1.52. The van der Waals surface area contributed by atoms with E-state index in [0.717, 1.165) is 0 Å². The SMILES string of the molecule is CC1CN(C(=O)C(C)OC(=O)c2ccc(S(=O)(=O)N3CC(C)OC(C)C3)cc2)CC(C)O1. The molecule has 0 aromatic heterocycles. The van der Waals surface area contributed by atoms with Gasteiger partial charge in [-0.3, -0.25) is 4.79 Å². The van der Waals surface area contributed by atoms with Crippen molar-refractivity contribution in [1.82, 2.24) is 9.21 Å². The van der Waals surface area contributed by atoms with Crippen molar-refractivity contribution < 1.29 is 32.2 Å². The number of esters is 1. The second-order valence-electron chi connectivity index (χ2n) is 8.65. The quantitative estimate of drug-likeness (QED) is 0.606. The van der Waals surface area contributed by atoms with Crippen LogP contribution in [0.2, 0.25) is 0 Å². The van der Waals surface area contributed by atoms with Gasteiger partial charge in [0.05, 0.1) is 34.9 Å². The molecule has 0 bridgehead atoms. The Morgan fingerprint density at radius 2 is 1.38 bits per heavy atom. The molecule has 0 aliphatic carbocycles. The lowest BCUT2D eigenvalue weighted by molar-refractivity contribution is -0.151. The van der Waals surface area contributed by atoms with E-state index in [-0.39, 0.29) is 53.9 Å². The monoisotopic (exact) mass is 468 g/mol. The molecule has 3 rings (SSSR count). The molecule has 1 aromatic carbocycles. The molecule has 0 saturated carbocycles. The normalized spacial score (nSPS) is 28.2. The van der Waals surface area contributed by atoms with Crippen molar-refractivity contribution in [2.24, 2.45) is 0 Å². The van der Waals surface area contributed by atoms with Crippen LogP contribution in [0.3, 0.4) is 0 Å². The average molecular weight is 469 g/mol. The van der Waals surface area contributed by atoms with Crippen LogP contribution >= 0.6 is 0 Å². The predicted molar refractivity (Wildman–Crippen MR) is 117 cm³/mol. The van der Waals surface area contributed by atoms with Crippen LogP contribution in [-0.4, -0.2) is 86.2 Å². The molecule has 32 heavy (non-hydrogen) atoms. The highest BCUT2D eigenvalue weighted by Crippen LogP contribution is 2.22. The number of carbonyl (C=O) groups is 2. The fourth-order valence-corrected chi connectivity index (χ4v) is 5.72. The Morgan fingerprint density at radius 3 is 1.88 bits per heavy atom. The molecule has 2 saturated heterocycles. The van der Waals surface area contributed by atoms with Crippen LogP contribution in [0.1, 0.15) is 45.0 Å². The molecule has 9 nitrogen and oxygen atoms in total. The maximum atomic E-state index is 12.9. The number of sulfonamides is 1. The van der Waals surface area contributed by atoms with E-state index in [0.29, 0.717) is 13.1 Å². The summed E-state index contributed by atoms with van der Waals surface area (Å²) < 4.78 is 43.9. The van der Waals surface area contributed by atoms with E-state index < -0.39 is 22.1 Å². The topological polar surface area (TPSA) is 102 Å². The second kappa shape index (κ2) is 9.86. The minimum atomic E-state index is -3.70. The summed E-state index contributed by atoms with van der Waals surface area (Å²) in [7, 11) is -3.70. The molecule has 5 unspecified atom stereocenters. The molecule has 5 atom stereocenters. The van der Waals surface area contributed by atoms with Crippen LogP contribution in [0, 0.1) is 0 Å². The predicted octanol–water partition coefficient (Wildman–Crippen LogP) is 1.67. The van der Waals surface area contributed by atoms with Gasteiger partial charge in [-0.1, -0.05) is 0 Å². The number of nitrogens with zero attached hydrogens (tertiary/aromatic N) is 2. The van der Waals surface area contributed by atoms with Crippen molar-refractivity contribution in [3.05, 3.63) is 29.8 Å². The highest BCUT2D eigenvalue weighted by atomic mass is 32.2. The molecule has 2 heterocycles. The molecule has 10 heteroatoms. The maximum absolute atomic E-state index is 12.9. The van der Waals surface area contributed by atoms with E-state index in [1.807, 2.05) is 27.7 Å². The van der Waals surface area contributed by atoms with E-state index >= 15 is 0 Å². The highest BCUT2D eigenvalue weighted by Gasteiger charge is 2.33. The first-order valence-corrected chi connectivity index (χ1v) is 12.3. The van der Waals surface area contributed by atoms with Gasteiger partial charge in [-0.25, -0.2) is 13.2 Å². The number of ether oxygens (including phenoxy) is 3.